The van der Waals surface area contributed by atoms with Gasteiger partial charge in [-0.1, -0.05) is 0 Å². The Morgan fingerprint density at radius 1 is 1.43 bits per heavy atom. The minimum atomic E-state index is -0.0865. The van der Waals surface area contributed by atoms with Crippen molar-refractivity contribution in [1.29, 1.82) is 0 Å². The summed E-state index contributed by atoms with van der Waals surface area (Å²) in [7, 11) is 0. The molecule has 0 spiro atoms. The zero-order chi connectivity index (χ0) is 9.97. The number of pyridine rings is 1. The molecule has 2 rings (SSSR count). The van der Waals surface area contributed by atoms with E-state index in [0.717, 1.165) is 17.7 Å². The van der Waals surface area contributed by atoms with Gasteiger partial charge in [0.25, 0.3) is 0 Å². The van der Waals surface area contributed by atoms with Gasteiger partial charge >= 0.3 is 0 Å². The van der Waals surface area contributed by atoms with E-state index in [4.69, 9.17) is 0 Å². The highest BCUT2D eigenvalue weighted by atomic mass is 16.1. The van der Waals surface area contributed by atoms with E-state index in [9.17, 15) is 4.79 Å². The molecule has 0 bridgehead atoms. The van der Waals surface area contributed by atoms with Gasteiger partial charge in [-0.2, -0.15) is 5.10 Å². The highest BCUT2D eigenvalue weighted by Crippen LogP contribution is 2.15. The van der Waals surface area contributed by atoms with Crippen LogP contribution < -0.4 is 5.56 Å². The SMILES string of the molecule is CCn1cc(-c2ccc(=O)[nH]c2)cn1. The standard InChI is InChI=1S/C10H11N3O/c1-2-13-7-9(6-12-13)8-3-4-10(14)11-5-8/h3-7H,2H2,1H3,(H,11,14). The van der Waals surface area contributed by atoms with E-state index in [-0.39, 0.29) is 5.56 Å². The highest BCUT2D eigenvalue weighted by molar-refractivity contribution is 5.59. The molecule has 0 fully saturated rings. The summed E-state index contributed by atoms with van der Waals surface area (Å²) < 4.78 is 1.85. The number of H-pyrrole nitrogens is 1. The lowest BCUT2D eigenvalue weighted by molar-refractivity contribution is 0.660. The molecule has 0 radical (unpaired) electrons. The molecular formula is C10H11N3O. The van der Waals surface area contributed by atoms with Crippen LogP contribution in [0, 0.1) is 0 Å². The van der Waals surface area contributed by atoms with Gasteiger partial charge in [-0.05, 0) is 13.0 Å². The molecule has 0 aromatic carbocycles. The minimum Gasteiger partial charge on any atom is -0.328 e. The summed E-state index contributed by atoms with van der Waals surface area (Å²) in [6.07, 6.45) is 5.43. The Morgan fingerprint density at radius 3 is 2.86 bits per heavy atom. The summed E-state index contributed by atoms with van der Waals surface area (Å²) in [5.41, 5.74) is 1.91. The first-order valence-electron chi connectivity index (χ1n) is 4.51. The fourth-order valence-electron chi connectivity index (χ4n) is 1.28. The monoisotopic (exact) mass is 189 g/mol. The fraction of sp³-hybridized carbons (Fsp3) is 0.200. The van der Waals surface area contributed by atoms with E-state index in [0.29, 0.717) is 0 Å². The van der Waals surface area contributed by atoms with Gasteiger partial charge in [0.05, 0.1) is 6.20 Å². The summed E-state index contributed by atoms with van der Waals surface area (Å²) >= 11 is 0. The molecule has 0 aliphatic rings. The lowest BCUT2D eigenvalue weighted by Gasteiger charge is -1.94. The first-order chi connectivity index (χ1) is 6.79. The van der Waals surface area contributed by atoms with Crippen LogP contribution in [0.3, 0.4) is 0 Å². The fourth-order valence-corrected chi connectivity index (χ4v) is 1.28. The lowest BCUT2D eigenvalue weighted by Crippen LogP contribution is -2.01. The first kappa shape index (κ1) is 8.74. The van der Waals surface area contributed by atoms with Gasteiger partial charge in [-0.3, -0.25) is 9.48 Å². The number of aromatic amines is 1. The van der Waals surface area contributed by atoms with E-state index in [2.05, 4.69) is 10.1 Å². The normalized spacial score (nSPS) is 10.4. The molecular weight excluding hydrogens is 178 g/mol. The van der Waals surface area contributed by atoms with Gasteiger partial charge in [-0.15, -0.1) is 0 Å². The summed E-state index contributed by atoms with van der Waals surface area (Å²) in [6, 6.07) is 3.30. The number of nitrogens with zero attached hydrogens (tertiary/aromatic N) is 2. The maximum Gasteiger partial charge on any atom is 0.247 e. The second kappa shape index (κ2) is 3.49. The molecule has 0 saturated heterocycles. The van der Waals surface area contributed by atoms with Crippen LogP contribution in [0.25, 0.3) is 11.1 Å². The number of hydrogen-bond donors (Lipinski definition) is 1. The summed E-state index contributed by atoms with van der Waals surface area (Å²) in [4.78, 5) is 13.5. The number of rotatable bonds is 2. The molecule has 0 aliphatic carbocycles. The Bertz CT molecular complexity index is 464. The molecule has 0 saturated carbocycles. The van der Waals surface area contributed by atoms with Crippen LogP contribution in [0.15, 0.2) is 35.5 Å². The quantitative estimate of drug-likeness (QED) is 0.773. The second-order valence-electron chi connectivity index (χ2n) is 3.03. The smallest absolute Gasteiger partial charge is 0.247 e. The summed E-state index contributed by atoms with van der Waals surface area (Å²) in [5.74, 6) is 0. The predicted octanol–water partition coefficient (Wildman–Crippen LogP) is 1.26. The molecule has 4 heteroatoms. The van der Waals surface area contributed by atoms with Crippen molar-refractivity contribution in [3.63, 3.8) is 0 Å². The van der Waals surface area contributed by atoms with Gasteiger partial charge in [0.2, 0.25) is 5.56 Å². The predicted molar refractivity (Wildman–Crippen MR) is 54.0 cm³/mol. The topological polar surface area (TPSA) is 50.7 Å². The summed E-state index contributed by atoms with van der Waals surface area (Å²) in [5, 5.41) is 4.16. The molecule has 2 aromatic heterocycles. The third-order valence-corrected chi connectivity index (χ3v) is 2.07. The molecule has 2 heterocycles. The average Bonchev–Trinajstić information content (AvgIpc) is 2.67. The van der Waals surface area contributed by atoms with Crippen LogP contribution >= 0.6 is 0 Å². The number of nitrogens with one attached hydrogen (secondary N) is 1. The molecule has 0 amide bonds. The molecule has 4 nitrogen and oxygen atoms in total. The molecule has 14 heavy (non-hydrogen) atoms. The number of aryl methyl sites for hydroxylation is 1. The Kier molecular flexibility index (Phi) is 2.18. The van der Waals surface area contributed by atoms with Gasteiger partial charge < -0.3 is 4.98 Å². The molecule has 0 aliphatic heterocycles. The van der Waals surface area contributed by atoms with E-state index in [1.807, 2.05) is 17.8 Å². The van der Waals surface area contributed by atoms with Crippen LogP contribution in [-0.2, 0) is 6.54 Å². The largest absolute Gasteiger partial charge is 0.328 e. The van der Waals surface area contributed by atoms with Gasteiger partial charge in [0, 0.05) is 36.1 Å². The Balaban J connectivity index is 2.39. The average molecular weight is 189 g/mol. The zero-order valence-corrected chi connectivity index (χ0v) is 7.90. The van der Waals surface area contributed by atoms with Gasteiger partial charge in [0.1, 0.15) is 0 Å². The van der Waals surface area contributed by atoms with Gasteiger partial charge in [0.15, 0.2) is 0 Å². The van der Waals surface area contributed by atoms with Crippen molar-refractivity contribution < 1.29 is 0 Å². The van der Waals surface area contributed by atoms with Crippen molar-refractivity contribution in [3.05, 3.63) is 41.1 Å². The molecule has 1 N–H and O–H groups in total. The van der Waals surface area contributed by atoms with Crippen molar-refractivity contribution >= 4 is 0 Å². The van der Waals surface area contributed by atoms with Crippen LogP contribution in [0.2, 0.25) is 0 Å². The molecule has 72 valence electrons. The molecule has 0 unspecified atom stereocenters. The minimum absolute atomic E-state index is 0.0865. The molecule has 2 aromatic rings. The molecule has 0 atom stereocenters. The Labute approximate surface area is 81.2 Å². The lowest BCUT2D eigenvalue weighted by atomic mass is 10.2. The Morgan fingerprint density at radius 2 is 2.29 bits per heavy atom. The van der Waals surface area contributed by atoms with Crippen LogP contribution in [0.1, 0.15) is 6.92 Å². The van der Waals surface area contributed by atoms with Crippen LogP contribution in [0.4, 0.5) is 0 Å². The maximum absolute atomic E-state index is 10.8. The van der Waals surface area contributed by atoms with Crippen LogP contribution in [0.5, 0.6) is 0 Å². The second-order valence-corrected chi connectivity index (χ2v) is 3.03. The van der Waals surface area contributed by atoms with E-state index in [1.54, 1.807) is 18.5 Å². The maximum atomic E-state index is 10.8. The van der Waals surface area contributed by atoms with E-state index >= 15 is 0 Å². The zero-order valence-electron chi connectivity index (χ0n) is 7.90. The first-order valence-corrected chi connectivity index (χ1v) is 4.51. The van der Waals surface area contributed by atoms with Crippen LogP contribution in [-0.4, -0.2) is 14.8 Å². The van der Waals surface area contributed by atoms with E-state index < -0.39 is 0 Å². The van der Waals surface area contributed by atoms with Gasteiger partial charge in [-0.25, -0.2) is 0 Å². The van der Waals surface area contributed by atoms with Crippen molar-refractivity contribution in [2.24, 2.45) is 0 Å². The third kappa shape index (κ3) is 1.59. The van der Waals surface area contributed by atoms with Crippen molar-refractivity contribution in [1.82, 2.24) is 14.8 Å². The third-order valence-electron chi connectivity index (χ3n) is 2.07. The van der Waals surface area contributed by atoms with Crippen molar-refractivity contribution in [2.45, 2.75) is 13.5 Å². The van der Waals surface area contributed by atoms with Crippen molar-refractivity contribution in [2.75, 3.05) is 0 Å². The highest BCUT2D eigenvalue weighted by Gasteiger charge is 1.99. The van der Waals surface area contributed by atoms with E-state index in [1.165, 1.54) is 6.07 Å². The number of hydrogen-bond acceptors (Lipinski definition) is 2. The summed E-state index contributed by atoms with van der Waals surface area (Å²) in [6.45, 7) is 2.88. The number of aromatic nitrogens is 3. The van der Waals surface area contributed by atoms with Crippen molar-refractivity contribution in [3.8, 4) is 11.1 Å². The Hall–Kier alpha value is -1.84.